The largest absolute Gasteiger partial charge is 0.372 e. The maximum absolute atomic E-state index is 6.07. The van der Waals surface area contributed by atoms with E-state index in [1.165, 1.54) is 24.9 Å². The molecular formula is C12H12ClN3. The first kappa shape index (κ1) is 9.85. The number of aromatic nitrogens is 2. The summed E-state index contributed by atoms with van der Waals surface area (Å²) in [5.74, 6) is 0. The van der Waals surface area contributed by atoms with Crippen LogP contribution in [0.2, 0.25) is 5.15 Å². The van der Waals surface area contributed by atoms with Crippen molar-refractivity contribution in [1.29, 1.82) is 0 Å². The summed E-state index contributed by atoms with van der Waals surface area (Å²) in [4.78, 5) is 10.6. The van der Waals surface area contributed by atoms with Crippen LogP contribution in [0.15, 0.2) is 24.5 Å². The summed E-state index contributed by atoms with van der Waals surface area (Å²) in [7, 11) is 0. The van der Waals surface area contributed by atoms with Crippen molar-refractivity contribution < 1.29 is 0 Å². The number of nitrogens with zero attached hydrogens (tertiary/aromatic N) is 3. The molecule has 2 aromatic rings. The molecule has 0 unspecified atom stereocenters. The molecule has 3 rings (SSSR count). The van der Waals surface area contributed by atoms with E-state index in [4.69, 9.17) is 11.6 Å². The number of hydrogen-bond acceptors (Lipinski definition) is 3. The Morgan fingerprint density at radius 2 is 1.94 bits per heavy atom. The van der Waals surface area contributed by atoms with Crippen molar-refractivity contribution in [3.8, 4) is 0 Å². The molecule has 82 valence electrons. The van der Waals surface area contributed by atoms with E-state index in [0.29, 0.717) is 5.15 Å². The van der Waals surface area contributed by atoms with E-state index >= 15 is 0 Å². The molecule has 3 nitrogen and oxygen atoms in total. The van der Waals surface area contributed by atoms with Crippen LogP contribution in [0.3, 0.4) is 0 Å². The number of fused-ring (bicyclic) bond motifs is 1. The van der Waals surface area contributed by atoms with Gasteiger partial charge in [-0.25, -0.2) is 9.97 Å². The Bertz CT molecular complexity index is 521. The molecule has 0 aliphatic carbocycles. The molecule has 1 fully saturated rings. The zero-order valence-electron chi connectivity index (χ0n) is 8.86. The second kappa shape index (κ2) is 3.91. The first-order chi connectivity index (χ1) is 7.84. The lowest BCUT2D eigenvalue weighted by atomic mass is 10.2. The van der Waals surface area contributed by atoms with Crippen LogP contribution in [-0.2, 0) is 0 Å². The Kier molecular flexibility index (Phi) is 2.40. The van der Waals surface area contributed by atoms with Crippen molar-refractivity contribution in [3.63, 3.8) is 0 Å². The van der Waals surface area contributed by atoms with Gasteiger partial charge in [0.05, 0.1) is 5.52 Å². The minimum absolute atomic E-state index is 0.533. The predicted octanol–water partition coefficient (Wildman–Crippen LogP) is 2.88. The smallest absolute Gasteiger partial charge is 0.140 e. The van der Waals surface area contributed by atoms with E-state index in [2.05, 4.69) is 27.0 Å². The Labute approximate surface area is 99.1 Å². The number of halogens is 1. The van der Waals surface area contributed by atoms with E-state index < -0.39 is 0 Å². The van der Waals surface area contributed by atoms with Crippen LogP contribution in [0.4, 0.5) is 5.69 Å². The zero-order chi connectivity index (χ0) is 11.0. The van der Waals surface area contributed by atoms with Crippen LogP contribution in [0.25, 0.3) is 10.9 Å². The molecule has 0 atom stereocenters. The van der Waals surface area contributed by atoms with Crippen molar-refractivity contribution >= 4 is 28.2 Å². The Balaban J connectivity index is 2.10. The maximum Gasteiger partial charge on any atom is 0.140 e. The lowest BCUT2D eigenvalue weighted by molar-refractivity contribution is 0.949. The quantitative estimate of drug-likeness (QED) is 0.710. The van der Waals surface area contributed by atoms with Gasteiger partial charge in [0.25, 0.3) is 0 Å². The monoisotopic (exact) mass is 233 g/mol. The van der Waals surface area contributed by atoms with Gasteiger partial charge in [-0.1, -0.05) is 11.6 Å². The minimum Gasteiger partial charge on any atom is -0.372 e. The average Bonchev–Trinajstić information content (AvgIpc) is 2.83. The molecule has 0 saturated carbocycles. The summed E-state index contributed by atoms with van der Waals surface area (Å²) in [5.41, 5.74) is 2.13. The van der Waals surface area contributed by atoms with Gasteiger partial charge in [-0.2, -0.15) is 0 Å². The van der Waals surface area contributed by atoms with Gasteiger partial charge in [-0.15, -0.1) is 0 Å². The van der Waals surface area contributed by atoms with Gasteiger partial charge in [0, 0.05) is 24.2 Å². The van der Waals surface area contributed by atoms with E-state index in [9.17, 15) is 0 Å². The normalized spacial score (nSPS) is 15.9. The lowest BCUT2D eigenvalue weighted by Crippen LogP contribution is -2.17. The fourth-order valence-corrected chi connectivity index (χ4v) is 2.38. The summed E-state index contributed by atoms with van der Waals surface area (Å²) >= 11 is 6.07. The van der Waals surface area contributed by atoms with E-state index in [1.54, 1.807) is 0 Å². The second-order valence-corrected chi connectivity index (χ2v) is 4.42. The number of benzene rings is 1. The van der Waals surface area contributed by atoms with Crippen molar-refractivity contribution in [3.05, 3.63) is 29.7 Å². The average molecular weight is 234 g/mol. The standard InChI is InChI=1S/C12H12ClN3/c13-12-10-7-9(16-5-1-2-6-16)3-4-11(10)14-8-15-12/h3-4,7-8H,1-2,5-6H2. The van der Waals surface area contributed by atoms with Crippen LogP contribution in [0, 0.1) is 0 Å². The Morgan fingerprint density at radius 3 is 2.75 bits per heavy atom. The molecule has 0 radical (unpaired) electrons. The molecule has 4 heteroatoms. The van der Waals surface area contributed by atoms with Gasteiger partial charge in [0.1, 0.15) is 11.5 Å². The summed E-state index contributed by atoms with van der Waals surface area (Å²) in [5, 5.41) is 1.47. The summed E-state index contributed by atoms with van der Waals surface area (Å²) in [6, 6.07) is 6.20. The van der Waals surface area contributed by atoms with E-state index in [0.717, 1.165) is 24.0 Å². The third kappa shape index (κ3) is 1.61. The molecule has 0 bridgehead atoms. The van der Waals surface area contributed by atoms with Crippen LogP contribution < -0.4 is 4.90 Å². The molecule has 1 aliphatic rings. The second-order valence-electron chi connectivity index (χ2n) is 4.06. The Morgan fingerprint density at radius 1 is 1.12 bits per heavy atom. The highest BCUT2D eigenvalue weighted by Gasteiger charge is 2.13. The molecule has 1 saturated heterocycles. The first-order valence-electron chi connectivity index (χ1n) is 5.50. The van der Waals surface area contributed by atoms with Crippen molar-refractivity contribution in [1.82, 2.24) is 9.97 Å². The summed E-state index contributed by atoms with van der Waals surface area (Å²) < 4.78 is 0. The summed E-state index contributed by atoms with van der Waals surface area (Å²) in [6.45, 7) is 2.27. The van der Waals surface area contributed by atoms with Gasteiger partial charge < -0.3 is 4.90 Å². The predicted molar refractivity (Wildman–Crippen MR) is 66.0 cm³/mol. The van der Waals surface area contributed by atoms with Crippen LogP contribution in [0.1, 0.15) is 12.8 Å². The molecule has 0 spiro atoms. The number of anilines is 1. The Hall–Kier alpha value is -1.35. The molecular weight excluding hydrogens is 222 g/mol. The van der Waals surface area contributed by atoms with Gasteiger partial charge in [-0.3, -0.25) is 0 Å². The first-order valence-corrected chi connectivity index (χ1v) is 5.87. The highest BCUT2D eigenvalue weighted by Crippen LogP contribution is 2.27. The third-order valence-electron chi connectivity index (χ3n) is 3.04. The molecule has 1 aliphatic heterocycles. The van der Waals surface area contributed by atoms with Gasteiger partial charge in [0.15, 0.2) is 0 Å². The molecule has 1 aromatic carbocycles. The van der Waals surface area contributed by atoms with Gasteiger partial charge >= 0.3 is 0 Å². The fraction of sp³-hybridized carbons (Fsp3) is 0.333. The molecule has 2 heterocycles. The molecule has 0 amide bonds. The van der Waals surface area contributed by atoms with Gasteiger partial charge in [0.2, 0.25) is 0 Å². The van der Waals surface area contributed by atoms with Crippen LogP contribution in [-0.4, -0.2) is 23.1 Å². The molecule has 0 N–H and O–H groups in total. The maximum atomic E-state index is 6.07. The fourth-order valence-electron chi connectivity index (χ4n) is 2.19. The van der Waals surface area contributed by atoms with Crippen molar-refractivity contribution in [2.75, 3.05) is 18.0 Å². The highest BCUT2D eigenvalue weighted by atomic mass is 35.5. The SMILES string of the molecule is Clc1ncnc2ccc(N3CCCC3)cc12. The zero-order valence-corrected chi connectivity index (χ0v) is 9.61. The van der Waals surface area contributed by atoms with Crippen LogP contribution >= 0.6 is 11.6 Å². The topological polar surface area (TPSA) is 29.0 Å². The van der Waals surface area contributed by atoms with Crippen molar-refractivity contribution in [2.45, 2.75) is 12.8 Å². The third-order valence-corrected chi connectivity index (χ3v) is 3.34. The number of hydrogen-bond donors (Lipinski definition) is 0. The van der Waals surface area contributed by atoms with E-state index in [1.807, 2.05) is 6.07 Å². The minimum atomic E-state index is 0.533. The summed E-state index contributed by atoms with van der Waals surface area (Å²) in [6.07, 6.45) is 4.05. The molecule has 1 aromatic heterocycles. The highest BCUT2D eigenvalue weighted by molar-refractivity contribution is 6.34. The number of rotatable bonds is 1. The van der Waals surface area contributed by atoms with Crippen LogP contribution in [0.5, 0.6) is 0 Å². The lowest BCUT2D eigenvalue weighted by Gasteiger charge is -2.17. The molecule has 16 heavy (non-hydrogen) atoms. The van der Waals surface area contributed by atoms with E-state index in [-0.39, 0.29) is 0 Å². The van der Waals surface area contributed by atoms with Gasteiger partial charge in [-0.05, 0) is 31.0 Å². The van der Waals surface area contributed by atoms with Crippen molar-refractivity contribution in [2.24, 2.45) is 0 Å².